The Hall–Kier alpha value is -1.88. The van der Waals surface area contributed by atoms with E-state index < -0.39 is 0 Å². The lowest BCUT2D eigenvalue weighted by atomic mass is 10.2. The fourth-order valence-corrected chi connectivity index (χ4v) is 2.87. The number of halogens is 1. The maximum Gasteiger partial charge on any atom is 0.274 e. The third kappa shape index (κ3) is 2.93. The summed E-state index contributed by atoms with van der Waals surface area (Å²) < 4.78 is 2.03. The van der Waals surface area contributed by atoms with E-state index in [0.29, 0.717) is 16.8 Å². The van der Waals surface area contributed by atoms with Crippen molar-refractivity contribution in [2.24, 2.45) is 0 Å². The number of aromatic nitrogens is 3. The van der Waals surface area contributed by atoms with Crippen molar-refractivity contribution in [1.29, 1.82) is 0 Å². The first-order valence-electron chi connectivity index (χ1n) is 7.12. The molecule has 6 heteroatoms. The number of rotatable bonds is 3. The second-order valence-corrected chi connectivity index (χ2v) is 5.78. The molecule has 1 aliphatic carbocycles. The van der Waals surface area contributed by atoms with Crippen LogP contribution in [0, 0.1) is 6.92 Å². The number of amides is 1. The molecule has 1 aliphatic rings. The van der Waals surface area contributed by atoms with Gasteiger partial charge in [-0.2, -0.15) is 5.10 Å². The third-order valence-electron chi connectivity index (χ3n) is 3.92. The second kappa shape index (κ2) is 5.85. The van der Waals surface area contributed by atoms with Crippen LogP contribution in [-0.2, 0) is 0 Å². The average Bonchev–Trinajstić information content (AvgIpc) is 3.10. The lowest BCUT2D eigenvalue weighted by Crippen LogP contribution is -2.14. The maximum absolute atomic E-state index is 12.2. The minimum absolute atomic E-state index is 0.249. The highest BCUT2D eigenvalue weighted by atomic mass is 35.5. The summed E-state index contributed by atoms with van der Waals surface area (Å²) in [4.78, 5) is 16.2. The smallest absolute Gasteiger partial charge is 0.274 e. The molecule has 3 rings (SSSR count). The van der Waals surface area contributed by atoms with Crippen LogP contribution < -0.4 is 5.32 Å². The van der Waals surface area contributed by atoms with E-state index in [1.54, 1.807) is 18.3 Å². The van der Waals surface area contributed by atoms with Crippen LogP contribution in [0.5, 0.6) is 0 Å². The van der Waals surface area contributed by atoms with Crippen LogP contribution in [0.25, 0.3) is 0 Å². The molecule has 1 saturated carbocycles. The SMILES string of the molecule is Cc1c(NC(=O)c2ccc(Cl)cn2)cnn1C1CCCC1. The Labute approximate surface area is 128 Å². The van der Waals surface area contributed by atoms with Crippen molar-refractivity contribution in [1.82, 2.24) is 14.8 Å². The highest BCUT2D eigenvalue weighted by molar-refractivity contribution is 6.30. The Balaban J connectivity index is 1.75. The van der Waals surface area contributed by atoms with Crippen molar-refractivity contribution in [2.75, 3.05) is 5.32 Å². The Morgan fingerprint density at radius 3 is 2.76 bits per heavy atom. The number of nitrogens with zero attached hydrogens (tertiary/aromatic N) is 3. The number of nitrogens with one attached hydrogen (secondary N) is 1. The summed E-state index contributed by atoms with van der Waals surface area (Å²) in [6, 6.07) is 3.72. The Morgan fingerprint density at radius 2 is 2.10 bits per heavy atom. The van der Waals surface area contributed by atoms with Gasteiger partial charge in [-0.1, -0.05) is 24.4 Å². The highest BCUT2D eigenvalue weighted by Gasteiger charge is 2.21. The number of hydrogen-bond acceptors (Lipinski definition) is 3. The Kier molecular flexibility index (Phi) is 3.92. The number of anilines is 1. The summed E-state index contributed by atoms with van der Waals surface area (Å²) in [5, 5.41) is 7.79. The van der Waals surface area contributed by atoms with Crippen LogP contribution in [0.2, 0.25) is 5.02 Å². The van der Waals surface area contributed by atoms with E-state index in [1.807, 2.05) is 11.6 Å². The van der Waals surface area contributed by atoms with E-state index in [-0.39, 0.29) is 5.91 Å². The van der Waals surface area contributed by atoms with Crippen molar-refractivity contribution < 1.29 is 4.79 Å². The van der Waals surface area contributed by atoms with Gasteiger partial charge in [0.25, 0.3) is 5.91 Å². The predicted molar refractivity (Wildman–Crippen MR) is 81.7 cm³/mol. The third-order valence-corrected chi connectivity index (χ3v) is 4.15. The first kappa shape index (κ1) is 14.1. The molecule has 0 saturated heterocycles. The van der Waals surface area contributed by atoms with Gasteiger partial charge in [0.1, 0.15) is 5.69 Å². The molecule has 0 spiro atoms. The molecule has 1 N–H and O–H groups in total. The summed E-state index contributed by atoms with van der Waals surface area (Å²) >= 11 is 5.77. The van der Waals surface area contributed by atoms with Crippen LogP contribution in [0.1, 0.15) is 47.9 Å². The van der Waals surface area contributed by atoms with E-state index in [0.717, 1.165) is 24.2 Å². The van der Waals surface area contributed by atoms with Crippen molar-refractivity contribution in [3.63, 3.8) is 0 Å². The predicted octanol–water partition coefficient (Wildman–Crippen LogP) is 3.61. The lowest BCUT2D eigenvalue weighted by molar-refractivity contribution is 0.102. The Bertz CT molecular complexity index is 644. The van der Waals surface area contributed by atoms with Gasteiger partial charge in [-0.05, 0) is 31.9 Å². The maximum atomic E-state index is 12.2. The van der Waals surface area contributed by atoms with Gasteiger partial charge in [0.15, 0.2) is 0 Å². The Morgan fingerprint density at radius 1 is 1.33 bits per heavy atom. The number of pyridine rings is 1. The normalized spacial score (nSPS) is 15.3. The summed E-state index contributed by atoms with van der Waals surface area (Å²) in [5.74, 6) is -0.249. The summed E-state index contributed by atoms with van der Waals surface area (Å²) in [6.45, 7) is 1.98. The van der Waals surface area contributed by atoms with Gasteiger partial charge in [0.05, 0.1) is 28.6 Å². The first-order chi connectivity index (χ1) is 10.1. The minimum atomic E-state index is -0.249. The van der Waals surface area contributed by atoms with Gasteiger partial charge < -0.3 is 5.32 Å². The van der Waals surface area contributed by atoms with Crippen LogP contribution in [-0.4, -0.2) is 20.7 Å². The minimum Gasteiger partial charge on any atom is -0.318 e. The number of hydrogen-bond donors (Lipinski definition) is 1. The average molecular weight is 305 g/mol. The molecular weight excluding hydrogens is 288 g/mol. The standard InChI is InChI=1S/C15H17ClN4O/c1-10-14(9-18-20(10)12-4-2-3-5-12)19-15(21)13-7-6-11(16)8-17-13/h6-9,12H,2-5H2,1H3,(H,19,21). The molecule has 0 radical (unpaired) electrons. The molecule has 2 aromatic rings. The fraction of sp³-hybridized carbons (Fsp3) is 0.400. The number of carbonyl (C=O) groups excluding carboxylic acids is 1. The summed E-state index contributed by atoms with van der Waals surface area (Å²) in [6.07, 6.45) is 8.00. The van der Waals surface area contributed by atoms with Gasteiger partial charge in [-0.3, -0.25) is 9.48 Å². The van der Waals surface area contributed by atoms with Crippen molar-refractivity contribution in [3.8, 4) is 0 Å². The highest BCUT2D eigenvalue weighted by Crippen LogP contribution is 2.31. The molecule has 21 heavy (non-hydrogen) atoms. The van der Waals surface area contributed by atoms with Crippen LogP contribution in [0.4, 0.5) is 5.69 Å². The molecule has 0 bridgehead atoms. The van der Waals surface area contributed by atoms with E-state index in [4.69, 9.17) is 11.6 Å². The zero-order chi connectivity index (χ0) is 14.8. The van der Waals surface area contributed by atoms with Crippen LogP contribution >= 0.6 is 11.6 Å². The molecule has 0 aliphatic heterocycles. The van der Waals surface area contributed by atoms with Gasteiger partial charge in [0.2, 0.25) is 0 Å². The largest absolute Gasteiger partial charge is 0.318 e. The quantitative estimate of drug-likeness (QED) is 0.942. The molecule has 0 unspecified atom stereocenters. The van der Waals surface area contributed by atoms with Gasteiger partial charge in [-0.25, -0.2) is 4.98 Å². The summed E-state index contributed by atoms with van der Waals surface area (Å²) in [5.41, 5.74) is 2.07. The van der Waals surface area contributed by atoms with E-state index in [2.05, 4.69) is 15.4 Å². The monoisotopic (exact) mass is 304 g/mol. The molecule has 0 aromatic carbocycles. The fourth-order valence-electron chi connectivity index (χ4n) is 2.76. The zero-order valence-electron chi connectivity index (χ0n) is 11.8. The lowest BCUT2D eigenvalue weighted by Gasteiger charge is -2.12. The number of carbonyl (C=O) groups is 1. The molecule has 2 aromatic heterocycles. The zero-order valence-corrected chi connectivity index (χ0v) is 12.6. The molecule has 0 atom stereocenters. The molecule has 1 fully saturated rings. The summed E-state index contributed by atoms with van der Waals surface area (Å²) in [7, 11) is 0. The topological polar surface area (TPSA) is 59.8 Å². The van der Waals surface area contributed by atoms with Gasteiger partial charge >= 0.3 is 0 Å². The van der Waals surface area contributed by atoms with Crippen molar-refractivity contribution in [2.45, 2.75) is 38.6 Å². The first-order valence-corrected chi connectivity index (χ1v) is 7.50. The van der Waals surface area contributed by atoms with Crippen LogP contribution in [0.15, 0.2) is 24.5 Å². The molecular formula is C15H17ClN4O. The molecule has 2 heterocycles. The van der Waals surface area contributed by atoms with Crippen molar-refractivity contribution in [3.05, 3.63) is 40.9 Å². The second-order valence-electron chi connectivity index (χ2n) is 5.34. The molecule has 110 valence electrons. The van der Waals surface area contributed by atoms with E-state index in [9.17, 15) is 4.79 Å². The van der Waals surface area contributed by atoms with Crippen molar-refractivity contribution >= 4 is 23.2 Å². The van der Waals surface area contributed by atoms with E-state index >= 15 is 0 Å². The van der Waals surface area contributed by atoms with Gasteiger partial charge in [0, 0.05) is 6.20 Å². The molecule has 1 amide bonds. The van der Waals surface area contributed by atoms with Crippen LogP contribution in [0.3, 0.4) is 0 Å². The van der Waals surface area contributed by atoms with E-state index in [1.165, 1.54) is 19.0 Å². The van der Waals surface area contributed by atoms with Gasteiger partial charge in [-0.15, -0.1) is 0 Å². The molecule has 5 nitrogen and oxygen atoms in total.